The zero-order chi connectivity index (χ0) is 23.4. The van der Waals surface area contributed by atoms with Crippen molar-refractivity contribution in [2.45, 2.75) is 32.0 Å². The van der Waals surface area contributed by atoms with Crippen LogP contribution in [-0.2, 0) is 25.9 Å². The third-order valence-electron chi connectivity index (χ3n) is 7.33. The number of aromatic nitrogens is 2. The van der Waals surface area contributed by atoms with E-state index in [0.29, 0.717) is 13.0 Å². The van der Waals surface area contributed by atoms with Gasteiger partial charge in [-0.2, -0.15) is 0 Å². The van der Waals surface area contributed by atoms with E-state index in [0.717, 1.165) is 59.2 Å². The lowest BCUT2D eigenvalue weighted by Crippen LogP contribution is -2.42. The molecule has 4 heterocycles. The maximum absolute atomic E-state index is 14.1. The highest BCUT2D eigenvalue weighted by Gasteiger charge is 2.32. The summed E-state index contributed by atoms with van der Waals surface area (Å²) in [4.78, 5) is 21.5. The largest absolute Gasteiger partial charge is 0.454 e. The molecule has 1 atom stereocenters. The summed E-state index contributed by atoms with van der Waals surface area (Å²) in [6.07, 6.45) is 1.46. The molecule has 0 bridgehead atoms. The van der Waals surface area contributed by atoms with Crippen molar-refractivity contribution < 1.29 is 9.47 Å². The number of rotatable bonds is 3. The average molecular weight is 464 g/mol. The van der Waals surface area contributed by atoms with E-state index in [1.165, 1.54) is 11.1 Å². The van der Waals surface area contributed by atoms with Crippen molar-refractivity contribution in [3.05, 3.63) is 122 Å². The molecule has 0 fully saturated rings. The molecular formula is C29H25N3O3. The highest BCUT2D eigenvalue weighted by Crippen LogP contribution is 2.35. The number of benzene rings is 3. The molecule has 0 N–H and O–H groups in total. The van der Waals surface area contributed by atoms with Crippen LogP contribution in [-0.4, -0.2) is 27.8 Å². The molecule has 0 spiro atoms. The number of hydrogen-bond acceptors (Lipinski definition) is 5. The van der Waals surface area contributed by atoms with E-state index in [-0.39, 0.29) is 18.4 Å². The van der Waals surface area contributed by atoms with Gasteiger partial charge in [0.2, 0.25) is 6.79 Å². The fraction of sp³-hybridized carbons (Fsp3) is 0.241. The highest BCUT2D eigenvalue weighted by molar-refractivity contribution is 5.45. The molecule has 3 aliphatic rings. The Morgan fingerprint density at radius 1 is 0.943 bits per heavy atom. The standard InChI is InChI=1S/C29H25N3O3/c33-29-23-17-31(16-19-10-11-25-26(14-19)35-18-34-25)13-12-24(23)30-27-15-21-8-4-5-9-22(21)28(32(27)29)20-6-2-1-3-7-20/h1-11,14,28H,12-13,15-18H2. The van der Waals surface area contributed by atoms with Gasteiger partial charge in [0.15, 0.2) is 11.5 Å². The Hall–Kier alpha value is -3.90. The molecule has 1 unspecified atom stereocenters. The van der Waals surface area contributed by atoms with E-state index in [1.807, 2.05) is 34.9 Å². The first-order valence-electron chi connectivity index (χ1n) is 12.1. The predicted octanol–water partition coefficient (Wildman–Crippen LogP) is 4.07. The van der Waals surface area contributed by atoms with E-state index in [1.54, 1.807) is 0 Å². The monoisotopic (exact) mass is 463 g/mol. The first-order valence-corrected chi connectivity index (χ1v) is 12.1. The van der Waals surface area contributed by atoms with E-state index < -0.39 is 0 Å². The van der Waals surface area contributed by atoms with Crippen molar-refractivity contribution in [1.29, 1.82) is 0 Å². The van der Waals surface area contributed by atoms with Gasteiger partial charge in [-0.3, -0.25) is 14.3 Å². The first-order chi connectivity index (χ1) is 17.2. The Labute approximate surface area is 203 Å². The van der Waals surface area contributed by atoms with Gasteiger partial charge in [0.05, 0.1) is 17.3 Å². The van der Waals surface area contributed by atoms with Crippen molar-refractivity contribution in [1.82, 2.24) is 14.5 Å². The lowest BCUT2D eigenvalue weighted by atomic mass is 9.89. The van der Waals surface area contributed by atoms with Crippen LogP contribution in [0.2, 0.25) is 0 Å². The predicted molar refractivity (Wildman–Crippen MR) is 132 cm³/mol. The van der Waals surface area contributed by atoms with E-state index in [9.17, 15) is 4.79 Å². The topological polar surface area (TPSA) is 56.6 Å². The molecule has 0 aliphatic carbocycles. The van der Waals surface area contributed by atoms with Crippen LogP contribution in [0.15, 0.2) is 77.6 Å². The second-order valence-corrected chi connectivity index (χ2v) is 9.47. The number of hydrogen-bond donors (Lipinski definition) is 0. The minimum Gasteiger partial charge on any atom is -0.454 e. The lowest BCUT2D eigenvalue weighted by Gasteiger charge is -2.34. The Morgan fingerprint density at radius 3 is 2.69 bits per heavy atom. The number of ether oxygens (including phenoxy) is 2. The molecule has 6 heteroatoms. The minimum absolute atomic E-state index is 0.0868. The first kappa shape index (κ1) is 20.5. The molecule has 0 saturated carbocycles. The molecule has 0 amide bonds. The van der Waals surface area contributed by atoms with Crippen LogP contribution in [0.5, 0.6) is 11.5 Å². The fourth-order valence-corrected chi connectivity index (χ4v) is 5.65. The Morgan fingerprint density at radius 2 is 1.77 bits per heavy atom. The maximum Gasteiger partial charge on any atom is 0.259 e. The van der Waals surface area contributed by atoms with Crippen molar-refractivity contribution in [2.75, 3.05) is 13.3 Å². The molecule has 1 aromatic heterocycles. The summed E-state index contributed by atoms with van der Waals surface area (Å²) in [7, 11) is 0. The second kappa shape index (κ2) is 8.10. The summed E-state index contributed by atoms with van der Waals surface area (Å²) in [5.74, 6) is 2.45. The zero-order valence-corrected chi connectivity index (χ0v) is 19.3. The normalized spacial score (nSPS) is 18.0. The summed E-state index contributed by atoms with van der Waals surface area (Å²) in [5, 5.41) is 0. The van der Waals surface area contributed by atoms with Crippen LogP contribution in [0.1, 0.15) is 45.4 Å². The Kier molecular flexibility index (Phi) is 4.74. The molecule has 4 aromatic rings. The SMILES string of the molecule is O=c1c2c(nc3n1C(c1ccccc1)c1ccccc1C3)CCN(Cc1ccc3c(c1)OCO3)C2. The summed E-state index contributed by atoms with van der Waals surface area (Å²) < 4.78 is 12.9. The van der Waals surface area contributed by atoms with E-state index in [2.05, 4.69) is 47.4 Å². The third-order valence-corrected chi connectivity index (χ3v) is 7.33. The third kappa shape index (κ3) is 3.44. The minimum atomic E-state index is -0.161. The molecule has 3 aliphatic heterocycles. The second-order valence-electron chi connectivity index (χ2n) is 9.47. The van der Waals surface area contributed by atoms with Gasteiger partial charge in [-0.05, 0) is 34.4 Å². The van der Waals surface area contributed by atoms with E-state index >= 15 is 0 Å². The molecule has 0 saturated heterocycles. The summed E-state index contributed by atoms with van der Waals surface area (Å²) >= 11 is 0. The van der Waals surface area contributed by atoms with Gasteiger partial charge < -0.3 is 9.47 Å². The van der Waals surface area contributed by atoms with Crippen LogP contribution in [0.3, 0.4) is 0 Å². The quantitative estimate of drug-likeness (QED) is 0.404. The van der Waals surface area contributed by atoms with Crippen molar-refractivity contribution in [3.8, 4) is 11.5 Å². The molecule has 0 radical (unpaired) electrons. The Balaban J connectivity index is 1.27. The van der Waals surface area contributed by atoms with Crippen LogP contribution < -0.4 is 15.0 Å². The number of nitrogens with zero attached hydrogens (tertiary/aromatic N) is 3. The molecule has 35 heavy (non-hydrogen) atoms. The van der Waals surface area contributed by atoms with Crippen molar-refractivity contribution >= 4 is 0 Å². The van der Waals surface area contributed by atoms with Gasteiger partial charge in [-0.1, -0.05) is 60.7 Å². The molecule has 6 nitrogen and oxygen atoms in total. The van der Waals surface area contributed by atoms with Gasteiger partial charge in [0, 0.05) is 32.5 Å². The molecule has 7 rings (SSSR count). The highest BCUT2D eigenvalue weighted by atomic mass is 16.7. The smallest absolute Gasteiger partial charge is 0.259 e. The van der Waals surface area contributed by atoms with Gasteiger partial charge in [-0.15, -0.1) is 0 Å². The average Bonchev–Trinajstić information content (AvgIpc) is 3.36. The van der Waals surface area contributed by atoms with E-state index in [4.69, 9.17) is 14.5 Å². The van der Waals surface area contributed by atoms with Gasteiger partial charge in [0.1, 0.15) is 5.82 Å². The zero-order valence-electron chi connectivity index (χ0n) is 19.3. The van der Waals surface area contributed by atoms with Crippen LogP contribution in [0, 0.1) is 0 Å². The molecule has 174 valence electrons. The summed E-state index contributed by atoms with van der Waals surface area (Å²) in [5.41, 5.74) is 6.55. The van der Waals surface area contributed by atoms with Gasteiger partial charge in [0.25, 0.3) is 5.56 Å². The summed E-state index contributed by atoms with van der Waals surface area (Å²) in [6, 6.07) is 24.7. The van der Waals surface area contributed by atoms with Crippen LogP contribution >= 0.6 is 0 Å². The van der Waals surface area contributed by atoms with Crippen LogP contribution in [0.25, 0.3) is 0 Å². The number of fused-ring (bicyclic) bond motifs is 4. The van der Waals surface area contributed by atoms with Gasteiger partial charge >= 0.3 is 0 Å². The maximum atomic E-state index is 14.1. The summed E-state index contributed by atoms with van der Waals surface area (Å²) in [6.45, 7) is 2.49. The van der Waals surface area contributed by atoms with Crippen molar-refractivity contribution in [3.63, 3.8) is 0 Å². The van der Waals surface area contributed by atoms with Crippen LogP contribution in [0.4, 0.5) is 0 Å². The molecular weight excluding hydrogens is 438 g/mol. The van der Waals surface area contributed by atoms with Crippen molar-refractivity contribution in [2.24, 2.45) is 0 Å². The lowest BCUT2D eigenvalue weighted by molar-refractivity contribution is 0.174. The fourth-order valence-electron chi connectivity index (χ4n) is 5.65. The molecule has 3 aromatic carbocycles. The van der Waals surface area contributed by atoms with Gasteiger partial charge in [-0.25, -0.2) is 4.98 Å². The Bertz CT molecular complexity index is 1500.